The minimum Gasteiger partial charge on any atom is -0.394 e. The minimum atomic E-state index is -1.14. The number of aldehydes is 1. The Bertz CT molecular complexity index is 599. The van der Waals surface area contributed by atoms with Crippen LogP contribution in [0.15, 0.2) is 0 Å². The summed E-state index contributed by atoms with van der Waals surface area (Å²) in [6.45, 7) is 4.15. The third kappa shape index (κ3) is 4.83. The summed E-state index contributed by atoms with van der Waals surface area (Å²) in [4.78, 5) is 50.6. The molecule has 28 heavy (non-hydrogen) atoms. The van der Waals surface area contributed by atoms with E-state index in [1.165, 1.54) is 0 Å². The van der Waals surface area contributed by atoms with Crippen molar-refractivity contribution >= 4 is 23.8 Å². The molecule has 2 aliphatic rings. The molecule has 2 fully saturated rings. The van der Waals surface area contributed by atoms with Gasteiger partial charge in [0.05, 0.1) is 18.7 Å². The van der Waals surface area contributed by atoms with Crippen molar-refractivity contribution < 1.29 is 24.3 Å². The van der Waals surface area contributed by atoms with Crippen LogP contribution in [-0.2, 0) is 19.2 Å². The van der Waals surface area contributed by atoms with Crippen molar-refractivity contribution in [1.82, 2.24) is 15.3 Å². The van der Waals surface area contributed by atoms with Gasteiger partial charge < -0.3 is 20.5 Å². The number of hydrazine groups is 1. The Kier molecular flexibility index (Phi) is 8.23. The zero-order chi connectivity index (χ0) is 20.8. The first-order valence-corrected chi connectivity index (χ1v) is 10.1. The SMILES string of the molecule is CC[C@H](C)C(N)C(=O)C(=O)[C@H](CO)NN1CCC[C@H]1C(=O)N1CCC[C@H]1C=O. The average Bonchev–Trinajstić information content (AvgIpc) is 3.38. The maximum Gasteiger partial charge on any atom is 0.241 e. The van der Waals surface area contributed by atoms with Gasteiger partial charge in [-0.3, -0.25) is 14.4 Å². The Morgan fingerprint density at radius 2 is 1.89 bits per heavy atom. The molecular formula is C19H32N4O5. The van der Waals surface area contributed by atoms with Crippen LogP contribution in [0.25, 0.3) is 0 Å². The van der Waals surface area contributed by atoms with Gasteiger partial charge in [-0.2, -0.15) is 0 Å². The predicted molar refractivity (Wildman–Crippen MR) is 102 cm³/mol. The van der Waals surface area contributed by atoms with Crippen LogP contribution in [0.5, 0.6) is 0 Å². The summed E-state index contributed by atoms with van der Waals surface area (Å²) in [6.07, 6.45) is 4.22. The fourth-order valence-electron chi connectivity index (χ4n) is 3.81. The molecule has 2 saturated heterocycles. The Hall–Kier alpha value is -1.68. The quantitative estimate of drug-likeness (QED) is 0.317. The molecule has 1 unspecified atom stereocenters. The molecule has 5 atom stereocenters. The topological polar surface area (TPSA) is 133 Å². The van der Waals surface area contributed by atoms with Crippen LogP contribution < -0.4 is 11.2 Å². The first-order chi connectivity index (χ1) is 13.3. The second-order valence-electron chi connectivity index (χ2n) is 7.73. The summed E-state index contributed by atoms with van der Waals surface area (Å²) in [7, 11) is 0. The normalized spacial score (nSPS) is 26.1. The fourth-order valence-corrected chi connectivity index (χ4v) is 3.81. The van der Waals surface area contributed by atoms with Crippen molar-refractivity contribution in [2.45, 2.75) is 70.1 Å². The maximum atomic E-state index is 12.9. The fraction of sp³-hybridized carbons (Fsp3) is 0.789. The van der Waals surface area contributed by atoms with E-state index in [0.717, 1.165) is 19.1 Å². The molecule has 4 N–H and O–H groups in total. The first-order valence-electron chi connectivity index (χ1n) is 10.1. The predicted octanol–water partition coefficient (Wildman–Crippen LogP) is -0.982. The number of carbonyl (C=O) groups is 4. The van der Waals surface area contributed by atoms with Crippen molar-refractivity contribution in [2.75, 3.05) is 19.7 Å². The van der Waals surface area contributed by atoms with E-state index in [1.54, 1.807) is 16.8 Å². The van der Waals surface area contributed by atoms with Crippen LogP contribution in [0.4, 0.5) is 0 Å². The van der Waals surface area contributed by atoms with Crippen LogP contribution in [0.3, 0.4) is 0 Å². The molecule has 0 aromatic heterocycles. The Balaban J connectivity index is 2.04. The molecule has 9 nitrogen and oxygen atoms in total. The summed E-state index contributed by atoms with van der Waals surface area (Å²) < 4.78 is 0. The number of hydrogen-bond acceptors (Lipinski definition) is 8. The number of nitrogens with zero attached hydrogens (tertiary/aromatic N) is 2. The standard InChI is InChI=1S/C19H32N4O5/c1-3-12(2)16(20)18(27)17(26)14(11-25)21-23-9-5-7-15(23)19(28)22-8-4-6-13(22)10-24/h10,12-16,21,25H,3-9,11,20H2,1-2H3/t12-,13-,14-,15-,16?/m0/s1. The molecule has 2 heterocycles. The largest absolute Gasteiger partial charge is 0.394 e. The van der Waals surface area contributed by atoms with Crippen LogP contribution in [-0.4, -0.2) is 82.6 Å². The number of rotatable bonds is 10. The number of nitrogens with two attached hydrogens (primary N) is 1. The van der Waals surface area contributed by atoms with Crippen molar-refractivity contribution in [3.8, 4) is 0 Å². The Labute approximate surface area is 165 Å². The average molecular weight is 396 g/mol. The summed E-state index contributed by atoms with van der Waals surface area (Å²) in [5, 5.41) is 11.3. The zero-order valence-electron chi connectivity index (χ0n) is 16.7. The lowest BCUT2D eigenvalue weighted by Gasteiger charge is -2.32. The van der Waals surface area contributed by atoms with E-state index < -0.39 is 42.3 Å². The van der Waals surface area contributed by atoms with Gasteiger partial charge in [-0.25, -0.2) is 10.4 Å². The summed E-state index contributed by atoms with van der Waals surface area (Å²) in [5.41, 5.74) is 8.74. The first kappa shape index (κ1) is 22.6. The maximum absolute atomic E-state index is 12.9. The highest BCUT2D eigenvalue weighted by atomic mass is 16.3. The van der Waals surface area contributed by atoms with Crippen LogP contribution >= 0.6 is 0 Å². The number of aliphatic hydroxyl groups is 1. The van der Waals surface area contributed by atoms with E-state index >= 15 is 0 Å². The number of likely N-dealkylation sites (tertiary alicyclic amines) is 1. The third-order valence-corrected chi connectivity index (χ3v) is 5.90. The summed E-state index contributed by atoms with van der Waals surface area (Å²) >= 11 is 0. The molecule has 0 aromatic carbocycles. The van der Waals surface area contributed by atoms with Crippen LogP contribution in [0, 0.1) is 5.92 Å². The number of aliphatic hydroxyl groups excluding tert-OH is 1. The Morgan fingerprint density at radius 3 is 2.50 bits per heavy atom. The highest BCUT2D eigenvalue weighted by Gasteiger charge is 2.40. The number of hydrogen-bond donors (Lipinski definition) is 3. The molecule has 1 amide bonds. The highest BCUT2D eigenvalue weighted by Crippen LogP contribution is 2.23. The summed E-state index contributed by atoms with van der Waals surface area (Å²) in [6, 6.07) is -2.99. The van der Waals surface area contributed by atoms with Gasteiger partial charge in [-0.15, -0.1) is 0 Å². The van der Waals surface area contributed by atoms with E-state index in [2.05, 4.69) is 5.43 Å². The van der Waals surface area contributed by atoms with Crippen LogP contribution in [0.1, 0.15) is 46.0 Å². The Morgan fingerprint density at radius 1 is 1.21 bits per heavy atom. The van der Waals surface area contributed by atoms with Crippen molar-refractivity contribution in [1.29, 1.82) is 0 Å². The molecule has 0 saturated carbocycles. The molecule has 0 aliphatic carbocycles. The lowest BCUT2D eigenvalue weighted by Crippen LogP contribution is -2.59. The lowest BCUT2D eigenvalue weighted by atomic mass is 9.92. The number of carbonyl (C=O) groups excluding carboxylic acids is 4. The van der Waals surface area contributed by atoms with E-state index in [4.69, 9.17) is 5.73 Å². The van der Waals surface area contributed by atoms with Gasteiger partial charge in [0, 0.05) is 13.1 Å². The van der Waals surface area contributed by atoms with E-state index in [-0.39, 0.29) is 11.8 Å². The second-order valence-corrected chi connectivity index (χ2v) is 7.73. The zero-order valence-corrected chi connectivity index (χ0v) is 16.7. The number of amides is 1. The molecule has 9 heteroatoms. The van der Waals surface area contributed by atoms with Gasteiger partial charge in [0.2, 0.25) is 17.5 Å². The molecule has 2 aliphatic heterocycles. The number of ketones is 2. The van der Waals surface area contributed by atoms with Crippen molar-refractivity contribution in [3.63, 3.8) is 0 Å². The molecule has 0 aromatic rings. The number of nitrogens with one attached hydrogen (secondary N) is 1. The third-order valence-electron chi connectivity index (χ3n) is 5.90. The van der Waals surface area contributed by atoms with Gasteiger partial charge in [-0.05, 0) is 31.6 Å². The van der Waals surface area contributed by atoms with Gasteiger partial charge in [0.1, 0.15) is 18.4 Å². The van der Waals surface area contributed by atoms with Crippen LogP contribution in [0.2, 0.25) is 0 Å². The monoisotopic (exact) mass is 396 g/mol. The van der Waals surface area contributed by atoms with Gasteiger partial charge in [-0.1, -0.05) is 20.3 Å². The lowest BCUT2D eigenvalue weighted by molar-refractivity contribution is -0.143. The second kappa shape index (κ2) is 10.2. The van der Waals surface area contributed by atoms with Gasteiger partial charge >= 0.3 is 0 Å². The van der Waals surface area contributed by atoms with E-state index in [0.29, 0.717) is 32.4 Å². The van der Waals surface area contributed by atoms with E-state index in [1.807, 2.05) is 6.92 Å². The number of Topliss-reactive ketones (excluding diaryl/α,β-unsaturated/α-hetero) is 2. The molecular weight excluding hydrogens is 364 g/mol. The van der Waals surface area contributed by atoms with Gasteiger partial charge in [0.25, 0.3) is 0 Å². The smallest absolute Gasteiger partial charge is 0.241 e. The van der Waals surface area contributed by atoms with Crippen molar-refractivity contribution in [3.05, 3.63) is 0 Å². The highest BCUT2D eigenvalue weighted by molar-refractivity contribution is 6.41. The van der Waals surface area contributed by atoms with E-state index in [9.17, 15) is 24.3 Å². The molecule has 158 valence electrons. The minimum absolute atomic E-state index is 0.146. The molecule has 0 radical (unpaired) electrons. The van der Waals surface area contributed by atoms with Crippen molar-refractivity contribution in [2.24, 2.45) is 11.7 Å². The van der Waals surface area contributed by atoms with Gasteiger partial charge in [0.15, 0.2) is 0 Å². The molecule has 0 bridgehead atoms. The molecule has 2 rings (SSSR count). The molecule has 0 spiro atoms. The summed E-state index contributed by atoms with van der Waals surface area (Å²) in [5.74, 6) is -1.80.